The lowest BCUT2D eigenvalue weighted by Gasteiger charge is -2.23. The number of rotatable bonds is 1. The minimum Gasteiger partial charge on any atom is -0.388 e. The number of fused-ring (bicyclic) bond motifs is 2. The minimum atomic E-state index is -0.526. The van der Waals surface area contributed by atoms with Crippen LogP contribution in [0.25, 0.3) is 10.9 Å². The van der Waals surface area contributed by atoms with Crippen LogP contribution in [0.3, 0.4) is 0 Å². The van der Waals surface area contributed by atoms with Crippen LogP contribution in [0, 0.1) is 6.92 Å². The molecule has 126 valence electrons. The number of carbonyl (C=O) groups excluding carboxylic acids is 1. The molecular weight excluding hydrogens is 312 g/mol. The number of benzene rings is 2. The predicted octanol–water partition coefficient (Wildman–Crippen LogP) is 4.02. The molecule has 1 aromatic heterocycles. The number of aromatic nitrogens is 1. The molecule has 1 atom stereocenters. The first kappa shape index (κ1) is 15.8. The van der Waals surface area contributed by atoms with Crippen molar-refractivity contribution in [3.8, 4) is 0 Å². The summed E-state index contributed by atoms with van der Waals surface area (Å²) in [5.74, 6) is -0.0646. The van der Waals surface area contributed by atoms with Crippen LogP contribution in [0.5, 0.6) is 0 Å². The van der Waals surface area contributed by atoms with Gasteiger partial charge in [-0.2, -0.15) is 0 Å². The molecule has 0 radical (unpaired) electrons. The van der Waals surface area contributed by atoms with Crippen molar-refractivity contribution in [3.63, 3.8) is 0 Å². The van der Waals surface area contributed by atoms with E-state index in [2.05, 4.69) is 4.98 Å². The van der Waals surface area contributed by atoms with Gasteiger partial charge in [-0.25, -0.2) is 0 Å². The monoisotopic (exact) mass is 332 g/mol. The molecule has 4 rings (SSSR count). The van der Waals surface area contributed by atoms with E-state index in [4.69, 9.17) is 0 Å². The van der Waals surface area contributed by atoms with E-state index >= 15 is 0 Å². The summed E-state index contributed by atoms with van der Waals surface area (Å²) < 4.78 is 0. The zero-order valence-corrected chi connectivity index (χ0v) is 14.1. The molecule has 0 aliphatic carbocycles. The molecule has 1 N–H and O–H groups in total. The fraction of sp³-hybridized carbons (Fsp3) is 0.238. The summed E-state index contributed by atoms with van der Waals surface area (Å²) in [5.41, 5.74) is 3.83. The van der Waals surface area contributed by atoms with Crippen molar-refractivity contribution >= 4 is 22.5 Å². The van der Waals surface area contributed by atoms with E-state index in [1.54, 1.807) is 4.90 Å². The van der Waals surface area contributed by atoms with E-state index in [9.17, 15) is 9.90 Å². The highest BCUT2D eigenvalue weighted by Crippen LogP contribution is 2.34. The molecule has 0 saturated heterocycles. The second kappa shape index (κ2) is 6.30. The molecule has 0 fully saturated rings. The summed E-state index contributed by atoms with van der Waals surface area (Å²) >= 11 is 0. The van der Waals surface area contributed by atoms with Gasteiger partial charge in [-0.1, -0.05) is 36.4 Å². The second-order valence-corrected chi connectivity index (χ2v) is 6.50. The van der Waals surface area contributed by atoms with Gasteiger partial charge in [0.05, 0.1) is 17.2 Å². The Bertz CT molecular complexity index is 952. The maximum Gasteiger partial charge on any atom is 0.260 e. The Kier molecular flexibility index (Phi) is 3.98. The van der Waals surface area contributed by atoms with Gasteiger partial charge in [-0.15, -0.1) is 0 Å². The molecule has 0 unspecified atom stereocenters. The number of para-hydroxylation sites is 2. The fourth-order valence-electron chi connectivity index (χ4n) is 3.51. The van der Waals surface area contributed by atoms with E-state index in [1.165, 1.54) is 0 Å². The molecule has 2 heterocycles. The number of aliphatic hydroxyl groups is 1. The Balaban J connectivity index is 1.84. The molecule has 4 heteroatoms. The van der Waals surface area contributed by atoms with Crippen LogP contribution in [0.2, 0.25) is 0 Å². The number of aliphatic hydroxyl groups excluding tert-OH is 1. The zero-order valence-electron chi connectivity index (χ0n) is 14.1. The number of nitrogens with zero attached hydrogens (tertiary/aromatic N) is 2. The molecule has 0 bridgehead atoms. The topological polar surface area (TPSA) is 53.4 Å². The van der Waals surface area contributed by atoms with Crippen LogP contribution in [0.4, 0.5) is 5.69 Å². The number of anilines is 1. The lowest BCUT2D eigenvalue weighted by Crippen LogP contribution is -2.32. The van der Waals surface area contributed by atoms with Crippen molar-refractivity contribution < 1.29 is 9.90 Å². The SMILES string of the molecule is Cc1ccc2cccc(C(=O)N3CCC[C@@H](O)c4ccccc43)c2n1. The average Bonchev–Trinajstić information content (AvgIpc) is 2.80. The van der Waals surface area contributed by atoms with E-state index in [-0.39, 0.29) is 5.91 Å². The molecule has 25 heavy (non-hydrogen) atoms. The van der Waals surface area contributed by atoms with Crippen molar-refractivity contribution in [2.75, 3.05) is 11.4 Å². The van der Waals surface area contributed by atoms with Crippen LogP contribution in [-0.2, 0) is 0 Å². The third-order valence-corrected chi connectivity index (χ3v) is 4.78. The van der Waals surface area contributed by atoms with E-state index in [0.717, 1.165) is 34.3 Å². The van der Waals surface area contributed by atoms with Crippen molar-refractivity contribution in [2.24, 2.45) is 0 Å². The maximum atomic E-state index is 13.4. The number of carbonyl (C=O) groups is 1. The molecule has 1 amide bonds. The summed E-state index contributed by atoms with van der Waals surface area (Å²) in [6.45, 7) is 2.52. The van der Waals surface area contributed by atoms with Crippen molar-refractivity contribution in [2.45, 2.75) is 25.9 Å². The van der Waals surface area contributed by atoms with Crippen molar-refractivity contribution in [1.82, 2.24) is 4.98 Å². The van der Waals surface area contributed by atoms with Crippen LogP contribution < -0.4 is 4.90 Å². The predicted molar refractivity (Wildman–Crippen MR) is 98.8 cm³/mol. The normalized spacial score (nSPS) is 17.2. The summed E-state index contributed by atoms with van der Waals surface area (Å²) in [7, 11) is 0. The van der Waals surface area contributed by atoms with Gasteiger partial charge < -0.3 is 10.0 Å². The quantitative estimate of drug-likeness (QED) is 0.732. The van der Waals surface area contributed by atoms with Gasteiger partial charge in [0, 0.05) is 28.9 Å². The Morgan fingerprint density at radius 3 is 2.84 bits per heavy atom. The molecule has 4 nitrogen and oxygen atoms in total. The smallest absolute Gasteiger partial charge is 0.260 e. The van der Waals surface area contributed by atoms with Gasteiger partial charge in [-0.3, -0.25) is 9.78 Å². The van der Waals surface area contributed by atoms with Crippen LogP contribution in [0.1, 0.15) is 40.6 Å². The Morgan fingerprint density at radius 1 is 1.12 bits per heavy atom. The van der Waals surface area contributed by atoms with Crippen LogP contribution in [-0.4, -0.2) is 22.5 Å². The van der Waals surface area contributed by atoms with Gasteiger partial charge in [0.1, 0.15) is 0 Å². The number of amides is 1. The summed E-state index contributed by atoms with van der Waals surface area (Å²) in [4.78, 5) is 19.7. The highest BCUT2D eigenvalue weighted by atomic mass is 16.3. The van der Waals surface area contributed by atoms with E-state index < -0.39 is 6.10 Å². The van der Waals surface area contributed by atoms with Crippen LogP contribution >= 0.6 is 0 Å². The van der Waals surface area contributed by atoms with E-state index in [1.807, 2.05) is 61.5 Å². The molecule has 3 aromatic rings. The molecular formula is C21H20N2O2. The summed E-state index contributed by atoms with van der Waals surface area (Å²) in [6.07, 6.45) is 0.897. The highest BCUT2D eigenvalue weighted by molar-refractivity contribution is 6.13. The van der Waals surface area contributed by atoms with Gasteiger partial charge in [-0.05, 0) is 38.0 Å². The number of aryl methyl sites for hydroxylation is 1. The zero-order chi connectivity index (χ0) is 17.4. The third kappa shape index (κ3) is 2.79. The van der Waals surface area contributed by atoms with Gasteiger partial charge in [0.15, 0.2) is 0 Å². The number of pyridine rings is 1. The largest absolute Gasteiger partial charge is 0.388 e. The molecule has 0 saturated carbocycles. The molecule has 2 aromatic carbocycles. The second-order valence-electron chi connectivity index (χ2n) is 6.50. The van der Waals surface area contributed by atoms with Gasteiger partial charge >= 0.3 is 0 Å². The van der Waals surface area contributed by atoms with Gasteiger partial charge in [0.2, 0.25) is 0 Å². The van der Waals surface area contributed by atoms with Crippen molar-refractivity contribution in [3.05, 3.63) is 71.4 Å². The molecule has 1 aliphatic rings. The Morgan fingerprint density at radius 2 is 1.96 bits per heavy atom. The first-order chi connectivity index (χ1) is 12.1. The number of hydrogen-bond donors (Lipinski definition) is 1. The molecule has 1 aliphatic heterocycles. The lowest BCUT2D eigenvalue weighted by atomic mass is 10.0. The third-order valence-electron chi connectivity index (χ3n) is 4.78. The first-order valence-corrected chi connectivity index (χ1v) is 8.60. The minimum absolute atomic E-state index is 0.0646. The lowest BCUT2D eigenvalue weighted by molar-refractivity contribution is 0.0988. The first-order valence-electron chi connectivity index (χ1n) is 8.60. The van der Waals surface area contributed by atoms with E-state index in [0.29, 0.717) is 18.5 Å². The van der Waals surface area contributed by atoms with Crippen LogP contribution in [0.15, 0.2) is 54.6 Å². The average molecular weight is 332 g/mol. The Labute approximate surface area is 146 Å². The maximum absolute atomic E-state index is 13.4. The standard InChI is InChI=1S/C21H20N2O2/c1-14-11-12-15-6-4-8-17(20(15)22-14)21(25)23-13-5-10-19(24)16-7-2-3-9-18(16)23/h2-4,6-9,11-12,19,24H,5,10,13H2,1H3/t19-/m1/s1. The molecule has 0 spiro atoms. The number of hydrogen-bond acceptors (Lipinski definition) is 3. The summed E-state index contributed by atoms with van der Waals surface area (Å²) in [6, 6.07) is 17.3. The Hall–Kier alpha value is -2.72. The van der Waals surface area contributed by atoms with Gasteiger partial charge in [0.25, 0.3) is 5.91 Å². The highest BCUT2D eigenvalue weighted by Gasteiger charge is 2.27. The van der Waals surface area contributed by atoms with Crippen molar-refractivity contribution in [1.29, 1.82) is 0 Å². The summed E-state index contributed by atoms with van der Waals surface area (Å²) in [5, 5.41) is 11.3. The fourth-order valence-corrected chi connectivity index (χ4v) is 3.51.